The first kappa shape index (κ1) is 15.6. The predicted octanol–water partition coefficient (Wildman–Crippen LogP) is 2.03. The molecule has 0 saturated carbocycles. The van der Waals surface area contributed by atoms with Crippen LogP contribution in [0.2, 0.25) is 0 Å². The molecule has 2 aromatic rings. The Morgan fingerprint density at radius 1 is 1.18 bits per heavy atom. The fraction of sp³-hybridized carbons (Fsp3) is 0.176. The largest absolute Gasteiger partial charge is 0.467 e. The maximum absolute atomic E-state index is 11.6. The number of hydrogen-bond donors (Lipinski definition) is 2. The quantitative estimate of drug-likeness (QED) is 0.802. The van der Waals surface area contributed by atoms with Gasteiger partial charge in [-0.25, -0.2) is 0 Å². The van der Waals surface area contributed by atoms with E-state index in [-0.39, 0.29) is 18.4 Å². The minimum atomic E-state index is -0.311. The van der Waals surface area contributed by atoms with Crippen molar-refractivity contribution in [2.45, 2.75) is 13.5 Å². The molecule has 22 heavy (non-hydrogen) atoms. The first-order chi connectivity index (χ1) is 10.6. The second kappa shape index (κ2) is 7.83. The molecule has 0 radical (unpaired) electrons. The number of aryl methyl sites for hydroxylation is 1. The molecule has 0 unspecified atom stereocenters. The molecule has 2 N–H and O–H groups in total. The molecule has 1 heterocycles. The Morgan fingerprint density at radius 2 is 2.05 bits per heavy atom. The van der Waals surface area contributed by atoms with Crippen molar-refractivity contribution < 1.29 is 14.0 Å². The smallest absolute Gasteiger partial charge is 0.244 e. The van der Waals surface area contributed by atoms with Gasteiger partial charge in [-0.15, -0.1) is 0 Å². The van der Waals surface area contributed by atoms with Gasteiger partial charge in [-0.05, 0) is 30.7 Å². The highest BCUT2D eigenvalue weighted by Gasteiger charge is 2.04. The Labute approximate surface area is 129 Å². The van der Waals surface area contributed by atoms with E-state index in [0.29, 0.717) is 12.3 Å². The van der Waals surface area contributed by atoms with Crippen LogP contribution in [0.15, 0.2) is 53.2 Å². The van der Waals surface area contributed by atoms with Gasteiger partial charge in [0.15, 0.2) is 0 Å². The highest BCUT2D eigenvalue weighted by molar-refractivity contribution is 5.94. The van der Waals surface area contributed by atoms with E-state index >= 15 is 0 Å². The third-order valence-corrected chi connectivity index (χ3v) is 2.93. The van der Waals surface area contributed by atoms with Gasteiger partial charge >= 0.3 is 0 Å². The van der Waals surface area contributed by atoms with Crippen LogP contribution in [0.1, 0.15) is 16.9 Å². The number of carbonyl (C=O) groups is 2. The summed E-state index contributed by atoms with van der Waals surface area (Å²) in [5.41, 5.74) is 2.07. The lowest BCUT2D eigenvalue weighted by molar-refractivity contribution is -0.124. The zero-order valence-electron chi connectivity index (χ0n) is 12.3. The molecule has 114 valence electrons. The van der Waals surface area contributed by atoms with Crippen LogP contribution >= 0.6 is 0 Å². The van der Waals surface area contributed by atoms with E-state index in [0.717, 1.165) is 11.1 Å². The van der Waals surface area contributed by atoms with Gasteiger partial charge < -0.3 is 15.1 Å². The molecule has 2 amide bonds. The van der Waals surface area contributed by atoms with Crippen LogP contribution in [-0.4, -0.2) is 18.4 Å². The normalized spacial score (nSPS) is 10.6. The Kier molecular flexibility index (Phi) is 5.54. The first-order valence-electron chi connectivity index (χ1n) is 6.95. The Bertz CT molecular complexity index is 660. The molecule has 2 rings (SSSR count). The molecule has 0 aliphatic rings. The lowest BCUT2D eigenvalue weighted by Gasteiger charge is -2.03. The van der Waals surface area contributed by atoms with Crippen LogP contribution in [0.25, 0.3) is 6.08 Å². The van der Waals surface area contributed by atoms with Gasteiger partial charge in [0.2, 0.25) is 11.8 Å². The van der Waals surface area contributed by atoms with Crippen molar-refractivity contribution in [2.75, 3.05) is 6.54 Å². The number of carbonyl (C=O) groups excluding carboxylic acids is 2. The van der Waals surface area contributed by atoms with Crippen molar-refractivity contribution in [2.24, 2.45) is 0 Å². The lowest BCUT2D eigenvalue weighted by Crippen LogP contribution is -2.35. The standard InChI is InChI=1S/C17H18N2O3/c1-13-4-2-5-14(10-13)7-8-16(20)19-12-17(21)18-11-15-6-3-9-22-15/h2-10H,11-12H2,1H3,(H,18,21)(H,19,20)/b8-7+. The van der Waals surface area contributed by atoms with Crippen molar-refractivity contribution >= 4 is 17.9 Å². The fourth-order valence-corrected chi connectivity index (χ4v) is 1.83. The molecule has 1 aromatic carbocycles. The number of benzene rings is 1. The van der Waals surface area contributed by atoms with E-state index in [1.165, 1.54) is 6.08 Å². The third kappa shape index (κ3) is 5.28. The lowest BCUT2D eigenvalue weighted by atomic mass is 10.1. The maximum atomic E-state index is 11.6. The summed E-state index contributed by atoms with van der Waals surface area (Å²) in [5, 5.41) is 5.18. The molecule has 5 nitrogen and oxygen atoms in total. The van der Waals surface area contributed by atoms with Crippen LogP contribution in [0.5, 0.6) is 0 Å². The van der Waals surface area contributed by atoms with Gasteiger partial charge in [-0.1, -0.05) is 29.8 Å². The summed E-state index contributed by atoms with van der Waals surface area (Å²) >= 11 is 0. The molecule has 0 aliphatic carbocycles. The van der Waals surface area contributed by atoms with Gasteiger partial charge in [-0.2, -0.15) is 0 Å². The predicted molar refractivity (Wildman–Crippen MR) is 83.8 cm³/mol. The van der Waals surface area contributed by atoms with Gasteiger partial charge in [0.1, 0.15) is 5.76 Å². The van der Waals surface area contributed by atoms with E-state index in [1.807, 2.05) is 31.2 Å². The summed E-state index contributed by atoms with van der Waals surface area (Å²) in [4.78, 5) is 23.2. The molecule has 0 bridgehead atoms. The van der Waals surface area contributed by atoms with Gasteiger partial charge in [0.25, 0.3) is 0 Å². The van der Waals surface area contributed by atoms with Crippen LogP contribution in [0, 0.1) is 6.92 Å². The molecule has 0 saturated heterocycles. The number of furan rings is 1. The average molecular weight is 298 g/mol. The molecule has 1 aromatic heterocycles. The molecule has 0 atom stereocenters. The van der Waals surface area contributed by atoms with E-state index < -0.39 is 0 Å². The molecular weight excluding hydrogens is 280 g/mol. The second-order valence-corrected chi connectivity index (χ2v) is 4.82. The Balaban J connectivity index is 1.71. The van der Waals surface area contributed by atoms with Crippen molar-refractivity contribution in [1.29, 1.82) is 0 Å². The zero-order chi connectivity index (χ0) is 15.8. The summed E-state index contributed by atoms with van der Waals surface area (Å²) in [6, 6.07) is 11.3. The van der Waals surface area contributed by atoms with E-state index in [2.05, 4.69) is 10.6 Å². The van der Waals surface area contributed by atoms with Gasteiger partial charge in [-0.3, -0.25) is 9.59 Å². The van der Waals surface area contributed by atoms with Crippen LogP contribution < -0.4 is 10.6 Å². The first-order valence-corrected chi connectivity index (χ1v) is 6.95. The van der Waals surface area contributed by atoms with E-state index in [4.69, 9.17) is 4.42 Å². The van der Waals surface area contributed by atoms with Crippen molar-refractivity contribution in [1.82, 2.24) is 10.6 Å². The molecule has 0 aliphatic heterocycles. The number of hydrogen-bond acceptors (Lipinski definition) is 3. The molecule has 0 spiro atoms. The minimum absolute atomic E-state index is 0.0717. The van der Waals surface area contributed by atoms with Crippen molar-refractivity contribution in [3.8, 4) is 0 Å². The monoisotopic (exact) mass is 298 g/mol. The van der Waals surface area contributed by atoms with E-state index in [1.54, 1.807) is 24.5 Å². The summed E-state index contributed by atoms with van der Waals surface area (Å²) in [7, 11) is 0. The average Bonchev–Trinajstić information content (AvgIpc) is 3.02. The Hall–Kier alpha value is -2.82. The number of nitrogens with one attached hydrogen (secondary N) is 2. The summed E-state index contributed by atoms with van der Waals surface area (Å²) in [6.45, 7) is 2.22. The SMILES string of the molecule is Cc1cccc(/C=C/C(=O)NCC(=O)NCc2ccco2)c1. The number of amides is 2. The second-order valence-electron chi connectivity index (χ2n) is 4.82. The molecular formula is C17H18N2O3. The van der Waals surface area contributed by atoms with Crippen LogP contribution in [0.3, 0.4) is 0 Å². The van der Waals surface area contributed by atoms with Crippen molar-refractivity contribution in [3.63, 3.8) is 0 Å². The van der Waals surface area contributed by atoms with Crippen molar-refractivity contribution in [3.05, 3.63) is 65.6 Å². The fourth-order valence-electron chi connectivity index (χ4n) is 1.83. The summed E-state index contributed by atoms with van der Waals surface area (Å²) in [6.07, 6.45) is 4.66. The van der Waals surface area contributed by atoms with Crippen LogP contribution in [-0.2, 0) is 16.1 Å². The van der Waals surface area contributed by atoms with Gasteiger partial charge in [0.05, 0.1) is 19.4 Å². The molecule has 5 heteroatoms. The Morgan fingerprint density at radius 3 is 2.77 bits per heavy atom. The summed E-state index contributed by atoms with van der Waals surface area (Å²) in [5.74, 6) is 0.0855. The number of rotatable bonds is 6. The molecule has 0 fully saturated rings. The minimum Gasteiger partial charge on any atom is -0.467 e. The van der Waals surface area contributed by atoms with E-state index in [9.17, 15) is 9.59 Å². The zero-order valence-corrected chi connectivity index (χ0v) is 12.3. The van der Waals surface area contributed by atoms with Gasteiger partial charge in [0, 0.05) is 6.08 Å². The topological polar surface area (TPSA) is 71.3 Å². The third-order valence-electron chi connectivity index (χ3n) is 2.93. The highest BCUT2D eigenvalue weighted by atomic mass is 16.3. The highest BCUT2D eigenvalue weighted by Crippen LogP contribution is 2.05. The maximum Gasteiger partial charge on any atom is 0.244 e. The van der Waals surface area contributed by atoms with Crippen LogP contribution in [0.4, 0.5) is 0 Å². The summed E-state index contributed by atoms with van der Waals surface area (Å²) < 4.78 is 5.09.